The van der Waals surface area contributed by atoms with Gasteiger partial charge in [0, 0.05) is 24.0 Å². The van der Waals surface area contributed by atoms with Gasteiger partial charge in [-0.05, 0) is 42.8 Å². The molecule has 0 unspecified atom stereocenters. The minimum absolute atomic E-state index is 0.116. The Morgan fingerprint density at radius 1 is 1.11 bits per heavy atom. The van der Waals surface area contributed by atoms with Crippen molar-refractivity contribution in [2.24, 2.45) is 10.9 Å². The Hall–Kier alpha value is -2.49. The van der Waals surface area contributed by atoms with E-state index < -0.39 is 0 Å². The van der Waals surface area contributed by atoms with E-state index in [1.807, 2.05) is 43.4 Å². The van der Waals surface area contributed by atoms with Gasteiger partial charge in [0.15, 0.2) is 5.84 Å². The highest BCUT2D eigenvalue weighted by Gasteiger charge is 2.07. The molecule has 0 aliphatic heterocycles. The first-order valence-electron chi connectivity index (χ1n) is 6.01. The zero-order valence-corrected chi connectivity index (χ0v) is 11.0. The van der Waals surface area contributed by atoms with Crippen molar-refractivity contribution in [3.8, 4) is 0 Å². The molecule has 0 aliphatic rings. The zero-order valence-electron chi connectivity index (χ0n) is 11.0. The molecular formula is C15H17N3O. The van der Waals surface area contributed by atoms with E-state index >= 15 is 0 Å². The number of rotatable bonds is 3. The second kappa shape index (κ2) is 5.44. The van der Waals surface area contributed by atoms with Crippen molar-refractivity contribution >= 4 is 17.2 Å². The molecule has 4 nitrogen and oxygen atoms in total. The van der Waals surface area contributed by atoms with Crippen molar-refractivity contribution in [1.29, 1.82) is 0 Å². The Kier molecular flexibility index (Phi) is 3.71. The summed E-state index contributed by atoms with van der Waals surface area (Å²) in [7, 11) is 2.01. The number of para-hydroxylation sites is 1. The lowest BCUT2D eigenvalue weighted by atomic mass is 10.1. The highest BCUT2D eigenvalue weighted by molar-refractivity contribution is 5.97. The third-order valence-corrected chi connectivity index (χ3v) is 3.13. The second-order valence-electron chi connectivity index (χ2n) is 4.38. The van der Waals surface area contributed by atoms with E-state index in [0.717, 1.165) is 11.4 Å². The Morgan fingerprint density at radius 3 is 2.32 bits per heavy atom. The first-order valence-corrected chi connectivity index (χ1v) is 6.01. The summed E-state index contributed by atoms with van der Waals surface area (Å²) in [6.07, 6.45) is 0. The molecule has 0 radical (unpaired) electrons. The van der Waals surface area contributed by atoms with Gasteiger partial charge in [-0.25, -0.2) is 0 Å². The van der Waals surface area contributed by atoms with Crippen LogP contribution in [0.25, 0.3) is 0 Å². The lowest BCUT2D eigenvalue weighted by molar-refractivity contribution is 0.318. The molecule has 0 amide bonds. The highest BCUT2D eigenvalue weighted by Crippen LogP contribution is 2.26. The number of hydrogen-bond acceptors (Lipinski definition) is 3. The van der Waals surface area contributed by atoms with Gasteiger partial charge in [0.2, 0.25) is 0 Å². The number of anilines is 2. The number of hydrogen-bond donors (Lipinski definition) is 2. The van der Waals surface area contributed by atoms with Gasteiger partial charge in [-0.3, -0.25) is 0 Å². The van der Waals surface area contributed by atoms with Crippen LogP contribution in [0.4, 0.5) is 11.4 Å². The molecule has 0 saturated heterocycles. The van der Waals surface area contributed by atoms with Gasteiger partial charge in [-0.15, -0.1) is 0 Å². The van der Waals surface area contributed by atoms with Crippen LogP contribution in [0.1, 0.15) is 11.1 Å². The van der Waals surface area contributed by atoms with Crippen molar-refractivity contribution in [3.63, 3.8) is 0 Å². The van der Waals surface area contributed by atoms with Gasteiger partial charge in [0.1, 0.15) is 0 Å². The van der Waals surface area contributed by atoms with E-state index in [-0.39, 0.29) is 5.84 Å². The molecule has 3 N–H and O–H groups in total. The van der Waals surface area contributed by atoms with Gasteiger partial charge in [0.25, 0.3) is 0 Å². The standard InChI is InChI=1S/C15H17N3O/c1-11-5-3-4-6-14(11)18(2)13-9-7-12(8-10-13)15(16)17-19/h3-10,19H,1-2H3,(H2,16,17). The summed E-state index contributed by atoms with van der Waals surface area (Å²) in [6.45, 7) is 2.08. The Bertz CT molecular complexity index is 591. The molecule has 0 spiro atoms. The predicted molar refractivity (Wildman–Crippen MR) is 78.2 cm³/mol. The highest BCUT2D eigenvalue weighted by atomic mass is 16.4. The Labute approximate surface area is 112 Å². The van der Waals surface area contributed by atoms with Crippen molar-refractivity contribution in [1.82, 2.24) is 0 Å². The minimum atomic E-state index is 0.116. The van der Waals surface area contributed by atoms with Crippen LogP contribution in [-0.4, -0.2) is 18.1 Å². The van der Waals surface area contributed by atoms with E-state index in [9.17, 15) is 0 Å². The van der Waals surface area contributed by atoms with Crippen LogP contribution >= 0.6 is 0 Å². The van der Waals surface area contributed by atoms with Crippen molar-refractivity contribution < 1.29 is 5.21 Å². The van der Waals surface area contributed by atoms with Gasteiger partial charge in [-0.2, -0.15) is 0 Å². The molecule has 0 heterocycles. The van der Waals surface area contributed by atoms with Crippen LogP contribution in [0.2, 0.25) is 0 Å². The number of nitrogens with two attached hydrogens (primary N) is 1. The maximum absolute atomic E-state index is 8.63. The molecule has 0 aromatic heterocycles. The smallest absolute Gasteiger partial charge is 0.170 e. The molecule has 2 rings (SSSR count). The van der Waals surface area contributed by atoms with Crippen LogP contribution in [0.15, 0.2) is 53.7 Å². The predicted octanol–water partition coefficient (Wildman–Crippen LogP) is 2.86. The van der Waals surface area contributed by atoms with E-state index in [2.05, 4.69) is 29.1 Å². The molecule has 0 bridgehead atoms. The molecule has 2 aromatic carbocycles. The monoisotopic (exact) mass is 255 g/mol. The van der Waals surface area contributed by atoms with E-state index in [1.165, 1.54) is 5.56 Å². The van der Waals surface area contributed by atoms with Crippen molar-refractivity contribution in [2.45, 2.75) is 6.92 Å². The third-order valence-electron chi connectivity index (χ3n) is 3.13. The van der Waals surface area contributed by atoms with Crippen molar-refractivity contribution in [2.75, 3.05) is 11.9 Å². The maximum Gasteiger partial charge on any atom is 0.170 e. The molecule has 4 heteroatoms. The lowest BCUT2D eigenvalue weighted by Crippen LogP contribution is -2.14. The Balaban J connectivity index is 2.30. The van der Waals surface area contributed by atoms with E-state index in [4.69, 9.17) is 10.9 Å². The number of oxime groups is 1. The first-order chi connectivity index (χ1) is 9.13. The number of amidine groups is 1. The van der Waals surface area contributed by atoms with Crippen LogP contribution < -0.4 is 10.6 Å². The summed E-state index contributed by atoms with van der Waals surface area (Å²) in [5, 5.41) is 11.6. The average Bonchev–Trinajstić information content (AvgIpc) is 2.46. The summed E-state index contributed by atoms with van der Waals surface area (Å²) < 4.78 is 0. The quantitative estimate of drug-likeness (QED) is 0.384. The average molecular weight is 255 g/mol. The van der Waals surface area contributed by atoms with E-state index in [0.29, 0.717) is 5.56 Å². The summed E-state index contributed by atoms with van der Waals surface area (Å²) in [6, 6.07) is 15.7. The fourth-order valence-electron chi connectivity index (χ4n) is 1.99. The number of benzene rings is 2. The number of nitrogens with zero attached hydrogens (tertiary/aromatic N) is 2. The largest absolute Gasteiger partial charge is 0.409 e. The molecular weight excluding hydrogens is 238 g/mol. The Morgan fingerprint density at radius 2 is 1.74 bits per heavy atom. The normalized spacial score (nSPS) is 11.4. The van der Waals surface area contributed by atoms with Gasteiger partial charge in [-0.1, -0.05) is 23.4 Å². The van der Waals surface area contributed by atoms with Gasteiger partial charge in [0.05, 0.1) is 0 Å². The van der Waals surface area contributed by atoms with Gasteiger partial charge >= 0.3 is 0 Å². The van der Waals surface area contributed by atoms with Crippen molar-refractivity contribution in [3.05, 3.63) is 59.7 Å². The minimum Gasteiger partial charge on any atom is -0.409 e. The molecule has 0 saturated carbocycles. The van der Waals surface area contributed by atoms with Crippen LogP contribution in [0, 0.1) is 6.92 Å². The van der Waals surface area contributed by atoms with Crippen LogP contribution in [-0.2, 0) is 0 Å². The fourth-order valence-corrected chi connectivity index (χ4v) is 1.99. The van der Waals surface area contributed by atoms with E-state index in [1.54, 1.807) is 0 Å². The molecule has 0 atom stereocenters. The van der Waals surface area contributed by atoms with Crippen LogP contribution in [0.3, 0.4) is 0 Å². The summed E-state index contributed by atoms with van der Waals surface area (Å²) >= 11 is 0. The SMILES string of the molecule is Cc1ccccc1N(C)c1ccc(C(N)=NO)cc1. The summed E-state index contributed by atoms with van der Waals surface area (Å²) in [5.74, 6) is 0.116. The molecule has 98 valence electrons. The second-order valence-corrected chi connectivity index (χ2v) is 4.38. The van der Waals surface area contributed by atoms with Crippen LogP contribution in [0.5, 0.6) is 0 Å². The topological polar surface area (TPSA) is 61.8 Å². The molecule has 0 aliphatic carbocycles. The summed E-state index contributed by atoms with van der Waals surface area (Å²) in [4.78, 5) is 2.10. The molecule has 19 heavy (non-hydrogen) atoms. The lowest BCUT2D eigenvalue weighted by Gasteiger charge is -2.21. The third kappa shape index (κ3) is 2.68. The first kappa shape index (κ1) is 13.0. The summed E-state index contributed by atoms with van der Waals surface area (Å²) in [5.41, 5.74) is 9.65. The molecule has 2 aromatic rings. The maximum atomic E-state index is 8.63. The van der Waals surface area contributed by atoms with Gasteiger partial charge < -0.3 is 15.8 Å². The molecule has 0 fully saturated rings. The number of aryl methyl sites for hydroxylation is 1. The fraction of sp³-hybridized carbons (Fsp3) is 0.133. The zero-order chi connectivity index (χ0) is 13.8.